The van der Waals surface area contributed by atoms with Crippen molar-refractivity contribution in [1.29, 1.82) is 0 Å². The third kappa shape index (κ3) is 2.45. The van der Waals surface area contributed by atoms with E-state index >= 15 is 0 Å². The molecule has 0 unspecified atom stereocenters. The number of nitrogens with zero attached hydrogens (tertiary/aromatic N) is 6. The van der Waals surface area contributed by atoms with E-state index in [-0.39, 0.29) is 5.91 Å². The number of terminal acetylenes is 1. The summed E-state index contributed by atoms with van der Waals surface area (Å²) in [5.41, 5.74) is 4.73. The van der Waals surface area contributed by atoms with E-state index in [9.17, 15) is 4.79 Å². The van der Waals surface area contributed by atoms with Crippen LogP contribution in [0.2, 0.25) is 0 Å². The summed E-state index contributed by atoms with van der Waals surface area (Å²) in [6.07, 6.45) is 8.96. The summed E-state index contributed by atoms with van der Waals surface area (Å²) in [6, 6.07) is 5.89. The van der Waals surface area contributed by atoms with Crippen molar-refractivity contribution in [3.05, 3.63) is 47.3 Å². The first kappa shape index (κ1) is 15.8. The van der Waals surface area contributed by atoms with Gasteiger partial charge >= 0.3 is 0 Å². The largest absolute Gasteiger partial charge is 0.335 e. The van der Waals surface area contributed by atoms with Gasteiger partial charge in [-0.2, -0.15) is 5.10 Å². The number of benzene rings is 1. The van der Waals surface area contributed by atoms with E-state index in [4.69, 9.17) is 16.5 Å². The van der Waals surface area contributed by atoms with Gasteiger partial charge in [0.2, 0.25) is 5.91 Å². The number of hydrogen-bond donors (Lipinski definition) is 0. The number of aryl methyl sites for hydroxylation is 1. The van der Waals surface area contributed by atoms with Crippen molar-refractivity contribution in [1.82, 2.24) is 29.2 Å². The predicted octanol–water partition coefficient (Wildman–Crippen LogP) is 1.90. The Balaban J connectivity index is 1.65. The van der Waals surface area contributed by atoms with Crippen LogP contribution in [0.5, 0.6) is 0 Å². The molecule has 0 spiro atoms. The first-order valence-electron chi connectivity index (χ1n) is 9.00. The molecule has 3 aromatic rings. The van der Waals surface area contributed by atoms with Crippen LogP contribution in [-0.4, -0.2) is 41.7 Å². The van der Waals surface area contributed by atoms with Crippen molar-refractivity contribution in [3.8, 4) is 29.4 Å². The van der Waals surface area contributed by atoms with Gasteiger partial charge in [0.15, 0.2) is 11.6 Å². The highest BCUT2D eigenvalue weighted by molar-refractivity contribution is 5.78. The van der Waals surface area contributed by atoms with Gasteiger partial charge < -0.3 is 9.47 Å². The molecule has 0 bridgehead atoms. The standard InChI is InChI=1S/C20H18N6O/c1-3-14-6-7-16-15(9-14)20-22-18(11-24-8-4-5-19(24)27)23-26(20)10-17-13(2)21-12-25(16)17/h1,6-7,9,12H,4-5,8,10-11H2,2H3. The Morgan fingerprint density at radius 2 is 2.22 bits per heavy atom. The molecule has 134 valence electrons. The van der Waals surface area contributed by atoms with Crippen molar-refractivity contribution in [2.75, 3.05) is 6.54 Å². The Morgan fingerprint density at radius 3 is 3.00 bits per heavy atom. The maximum Gasteiger partial charge on any atom is 0.223 e. The Kier molecular flexibility index (Phi) is 3.41. The number of amides is 1. The lowest BCUT2D eigenvalue weighted by Gasteiger charge is -2.12. The fourth-order valence-electron chi connectivity index (χ4n) is 3.83. The molecule has 0 atom stereocenters. The van der Waals surface area contributed by atoms with Gasteiger partial charge in [0.05, 0.1) is 36.5 Å². The molecule has 27 heavy (non-hydrogen) atoms. The van der Waals surface area contributed by atoms with E-state index in [0.717, 1.165) is 47.0 Å². The second-order valence-corrected chi connectivity index (χ2v) is 6.95. The third-order valence-electron chi connectivity index (χ3n) is 5.26. The molecular formula is C20H18N6O. The molecule has 1 fully saturated rings. The molecule has 0 saturated carbocycles. The first-order valence-corrected chi connectivity index (χ1v) is 9.00. The van der Waals surface area contributed by atoms with Gasteiger partial charge in [-0.3, -0.25) is 4.79 Å². The van der Waals surface area contributed by atoms with E-state index in [2.05, 4.69) is 15.5 Å². The topological polar surface area (TPSA) is 68.8 Å². The van der Waals surface area contributed by atoms with E-state index in [1.807, 2.05) is 41.0 Å². The van der Waals surface area contributed by atoms with Crippen LogP contribution in [0.3, 0.4) is 0 Å². The van der Waals surface area contributed by atoms with Gasteiger partial charge in [-0.15, -0.1) is 6.42 Å². The van der Waals surface area contributed by atoms with E-state index in [0.29, 0.717) is 25.3 Å². The molecule has 1 aromatic carbocycles. The van der Waals surface area contributed by atoms with Crippen molar-refractivity contribution in [2.45, 2.75) is 32.9 Å². The molecule has 2 aliphatic rings. The third-order valence-corrected chi connectivity index (χ3v) is 5.26. The number of imidazole rings is 1. The number of hydrogen-bond acceptors (Lipinski definition) is 4. The Hall–Kier alpha value is -3.40. The zero-order valence-electron chi connectivity index (χ0n) is 15.0. The van der Waals surface area contributed by atoms with Gasteiger partial charge in [0, 0.05) is 24.1 Å². The number of rotatable bonds is 2. The van der Waals surface area contributed by atoms with E-state index < -0.39 is 0 Å². The van der Waals surface area contributed by atoms with Crippen LogP contribution in [0.25, 0.3) is 17.1 Å². The molecular weight excluding hydrogens is 340 g/mol. The lowest BCUT2D eigenvalue weighted by atomic mass is 10.1. The molecule has 0 N–H and O–H groups in total. The molecule has 2 aromatic heterocycles. The van der Waals surface area contributed by atoms with Gasteiger partial charge in [-0.05, 0) is 31.5 Å². The first-order chi connectivity index (χ1) is 13.1. The molecule has 5 rings (SSSR count). The monoisotopic (exact) mass is 358 g/mol. The Bertz CT molecular complexity index is 1120. The van der Waals surface area contributed by atoms with Crippen molar-refractivity contribution >= 4 is 5.91 Å². The molecule has 0 aliphatic carbocycles. The highest BCUT2D eigenvalue weighted by atomic mass is 16.2. The molecule has 4 heterocycles. The minimum Gasteiger partial charge on any atom is -0.335 e. The molecule has 0 radical (unpaired) electrons. The predicted molar refractivity (Wildman–Crippen MR) is 99.0 cm³/mol. The van der Waals surface area contributed by atoms with Gasteiger partial charge in [0.1, 0.15) is 0 Å². The number of fused-ring (bicyclic) bond motifs is 5. The average molecular weight is 358 g/mol. The fourth-order valence-corrected chi connectivity index (χ4v) is 3.83. The van der Waals surface area contributed by atoms with Crippen LogP contribution in [0.4, 0.5) is 0 Å². The molecule has 2 aliphatic heterocycles. The van der Waals surface area contributed by atoms with Crippen LogP contribution in [-0.2, 0) is 17.9 Å². The van der Waals surface area contributed by atoms with Crippen molar-refractivity contribution in [2.24, 2.45) is 0 Å². The van der Waals surface area contributed by atoms with Crippen LogP contribution in [0.15, 0.2) is 24.5 Å². The van der Waals surface area contributed by atoms with Crippen LogP contribution in [0.1, 0.15) is 35.6 Å². The van der Waals surface area contributed by atoms with E-state index in [1.54, 1.807) is 0 Å². The lowest BCUT2D eigenvalue weighted by molar-refractivity contribution is -0.128. The SMILES string of the molecule is C#Cc1ccc2c(c1)-c1nc(CN3CCCC3=O)nn1Cc1c(C)ncn1-2. The van der Waals surface area contributed by atoms with Crippen LogP contribution >= 0.6 is 0 Å². The fraction of sp³-hybridized carbons (Fsp3) is 0.300. The minimum atomic E-state index is 0.170. The zero-order valence-corrected chi connectivity index (χ0v) is 15.0. The highest BCUT2D eigenvalue weighted by Gasteiger charge is 2.26. The normalized spacial score (nSPS) is 15.1. The maximum atomic E-state index is 12.0. The number of carbonyl (C=O) groups is 1. The summed E-state index contributed by atoms with van der Waals surface area (Å²) in [5.74, 6) is 4.29. The Morgan fingerprint density at radius 1 is 1.33 bits per heavy atom. The molecule has 1 saturated heterocycles. The quantitative estimate of drug-likeness (QED) is 0.513. The van der Waals surface area contributed by atoms with Crippen molar-refractivity contribution in [3.63, 3.8) is 0 Å². The summed E-state index contributed by atoms with van der Waals surface area (Å²) in [7, 11) is 0. The maximum absolute atomic E-state index is 12.0. The summed E-state index contributed by atoms with van der Waals surface area (Å²) in [6.45, 7) is 3.78. The second-order valence-electron chi connectivity index (χ2n) is 6.95. The highest BCUT2D eigenvalue weighted by Crippen LogP contribution is 2.32. The van der Waals surface area contributed by atoms with E-state index in [1.165, 1.54) is 0 Å². The number of aromatic nitrogens is 5. The smallest absolute Gasteiger partial charge is 0.223 e. The second kappa shape index (κ2) is 5.81. The van der Waals surface area contributed by atoms with Gasteiger partial charge in [-0.25, -0.2) is 14.6 Å². The van der Waals surface area contributed by atoms with Gasteiger partial charge in [0.25, 0.3) is 0 Å². The summed E-state index contributed by atoms with van der Waals surface area (Å²) < 4.78 is 3.97. The summed E-state index contributed by atoms with van der Waals surface area (Å²) in [4.78, 5) is 23.0. The van der Waals surface area contributed by atoms with Crippen molar-refractivity contribution < 1.29 is 4.79 Å². The molecule has 1 amide bonds. The number of likely N-dealkylation sites (tertiary alicyclic amines) is 1. The molecule has 7 nitrogen and oxygen atoms in total. The molecule has 7 heteroatoms. The van der Waals surface area contributed by atoms with Crippen LogP contribution < -0.4 is 0 Å². The zero-order chi connectivity index (χ0) is 18.5. The average Bonchev–Trinajstić information content (AvgIpc) is 3.34. The number of carbonyl (C=O) groups excluding carboxylic acids is 1. The van der Waals surface area contributed by atoms with Gasteiger partial charge in [-0.1, -0.05) is 5.92 Å². The Labute approximate surface area is 156 Å². The minimum absolute atomic E-state index is 0.170. The summed E-state index contributed by atoms with van der Waals surface area (Å²) in [5, 5.41) is 4.70. The van der Waals surface area contributed by atoms with Crippen LogP contribution in [0, 0.1) is 19.3 Å². The lowest BCUT2D eigenvalue weighted by Crippen LogP contribution is -2.24. The summed E-state index contributed by atoms with van der Waals surface area (Å²) >= 11 is 0.